The van der Waals surface area contributed by atoms with Gasteiger partial charge in [0.2, 0.25) is 0 Å². The maximum absolute atomic E-state index is 3.92. The predicted molar refractivity (Wildman–Crippen MR) is 83.5 cm³/mol. The zero-order chi connectivity index (χ0) is 14.1. The second kappa shape index (κ2) is 5.73. The van der Waals surface area contributed by atoms with Gasteiger partial charge in [-0.25, -0.2) is 0 Å². The van der Waals surface area contributed by atoms with Crippen molar-refractivity contribution in [3.05, 3.63) is 0 Å². The Balaban J connectivity index is 1.83. The molecule has 0 aromatic heterocycles. The molecular weight excluding hydrogens is 232 g/mol. The van der Waals surface area contributed by atoms with E-state index in [0.29, 0.717) is 22.9 Å². The van der Waals surface area contributed by atoms with Gasteiger partial charge in [-0.1, -0.05) is 27.7 Å². The predicted octanol–water partition coefficient (Wildman–Crippen LogP) is 3.67. The van der Waals surface area contributed by atoms with Crippen LogP contribution in [0.15, 0.2) is 0 Å². The number of nitrogens with one attached hydrogen (secondary N) is 1. The number of hydrogen-bond acceptors (Lipinski definition) is 2. The summed E-state index contributed by atoms with van der Waals surface area (Å²) in [6, 6.07) is 1.34. The molecule has 0 radical (unpaired) electrons. The Bertz CT molecular complexity index is 274. The lowest BCUT2D eigenvalue weighted by Gasteiger charge is -2.46. The molecule has 2 aliphatic rings. The minimum absolute atomic E-state index is 0.493. The Morgan fingerprint density at radius 2 is 1.58 bits per heavy atom. The van der Waals surface area contributed by atoms with Crippen LogP contribution >= 0.6 is 0 Å². The molecule has 2 fully saturated rings. The van der Waals surface area contributed by atoms with Crippen LogP contribution in [0.3, 0.4) is 0 Å². The topological polar surface area (TPSA) is 15.3 Å². The number of nitrogens with zero attached hydrogens (tertiary/aromatic N) is 1. The Morgan fingerprint density at radius 1 is 1.05 bits per heavy atom. The summed E-state index contributed by atoms with van der Waals surface area (Å²) in [6.07, 6.45) is 6.83. The summed E-state index contributed by atoms with van der Waals surface area (Å²) in [7, 11) is 0. The highest BCUT2D eigenvalue weighted by Gasteiger charge is 2.38. The summed E-state index contributed by atoms with van der Waals surface area (Å²) in [5, 5.41) is 3.92. The molecule has 1 unspecified atom stereocenters. The molecule has 112 valence electrons. The molecule has 2 nitrogen and oxygen atoms in total. The van der Waals surface area contributed by atoms with Gasteiger partial charge in [0, 0.05) is 18.6 Å². The second-order valence-electron chi connectivity index (χ2n) is 8.69. The zero-order valence-electron chi connectivity index (χ0n) is 13.8. The van der Waals surface area contributed by atoms with Crippen molar-refractivity contribution >= 4 is 0 Å². The lowest BCUT2D eigenvalue weighted by Crippen LogP contribution is -2.49. The second-order valence-corrected chi connectivity index (χ2v) is 8.69. The summed E-state index contributed by atoms with van der Waals surface area (Å²) >= 11 is 0. The third kappa shape index (κ3) is 4.75. The van der Waals surface area contributed by atoms with Gasteiger partial charge in [-0.15, -0.1) is 0 Å². The number of rotatable bonds is 4. The van der Waals surface area contributed by atoms with Crippen LogP contribution in [0.25, 0.3) is 0 Å². The maximum atomic E-state index is 3.92. The van der Waals surface area contributed by atoms with Crippen LogP contribution in [0.2, 0.25) is 0 Å². The van der Waals surface area contributed by atoms with Gasteiger partial charge in [-0.05, 0) is 62.9 Å². The van der Waals surface area contributed by atoms with Crippen molar-refractivity contribution in [3.63, 3.8) is 0 Å². The van der Waals surface area contributed by atoms with E-state index in [4.69, 9.17) is 0 Å². The van der Waals surface area contributed by atoms with Gasteiger partial charge in [0.15, 0.2) is 0 Å². The Labute approximate surface area is 120 Å². The van der Waals surface area contributed by atoms with Gasteiger partial charge in [0.05, 0.1) is 0 Å². The molecule has 19 heavy (non-hydrogen) atoms. The third-order valence-corrected chi connectivity index (χ3v) is 4.81. The Hall–Kier alpha value is -0.0800. The van der Waals surface area contributed by atoms with Gasteiger partial charge in [0.1, 0.15) is 0 Å². The van der Waals surface area contributed by atoms with E-state index in [-0.39, 0.29) is 0 Å². The van der Waals surface area contributed by atoms with Crippen molar-refractivity contribution in [2.75, 3.05) is 19.6 Å². The molecule has 0 spiro atoms. The lowest BCUT2D eigenvalue weighted by atomic mass is 9.63. The first-order valence-electron chi connectivity index (χ1n) is 8.24. The zero-order valence-corrected chi connectivity index (χ0v) is 13.8. The monoisotopic (exact) mass is 266 g/mol. The highest BCUT2D eigenvalue weighted by Crippen LogP contribution is 2.45. The fraction of sp³-hybridized carbons (Fsp3) is 1.00. The van der Waals surface area contributed by atoms with Gasteiger partial charge in [0.25, 0.3) is 0 Å². The summed E-state index contributed by atoms with van der Waals surface area (Å²) in [4.78, 5) is 2.62. The van der Waals surface area contributed by atoms with Crippen molar-refractivity contribution in [3.8, 4) is 0 Å². The van der Waals surface area contributed by atoms with Gasteiger partial charge < -0.3 is 10.2 Å². The Kier molecular flexibility index (Phi) is 4.62. The molecule has 1 aliphatic heterocycles. The van der Waals surface area contributed by atoms with Gasteiger partial charge in [-0.2, -0.15) is 0 Å². The summed E-state index contributed by atoms with van der Waals surface area (Å²) < 4.78 is 0. The fourth-order valence-corrected chi connectivity index (χ4v) is 4.77. The Morgan fingerprint density at radius 3 is 2.11 bits per heavy atom. The molecule has 1 atom stereocenters. The lowest BCUT2D eigenvalue weighted by molar-refractivity contribution is 0.0789. The van der Waals surface area contributed by atoms with Gasteiger partial charge >= 0.3 is 0 Å². The molecule has 1 aliphatic carbocycles. The van der Waals surface area contributed by atoms with Crippen LogP contribution in [-0.2, 0) is 0 Å². The molecule has 2 rings (SSSR count). The minimum Gasteiger partial charge on any atom is -0.310 e. The van der Waals surface area contributed by atoms with E-state index >= 15 is 0 Å². The van der Waals surface area contributed by atoms with E-state index in [2.05, 4.69) is 44.8 Å². The van der Waals surface area contributed by atoms with Crippen molar-refractivity contribution in [2.24, 2.45) is 10.8 Å². The molecule has 2 heteroatoms. The van der Waals surface area contributed by atoms with Crippen LogP contribution < -0.4 is 5.32 Å². The molecule has 1 saturated carbocycles. The van der Waals surface area contributed by atoms with E-state index in [1.807, 2.05) is 0 Å². The number of hydrogen-bond donors (Lipinski definition) is 1. The van der Waals surface area contributed by atoms with Crippen molar-refractivity contribution < 1.29 is 0 Å². The van der Waals surface area contributed by atoms with Gasteiger partial charge in [-0.3, -0.25) is 0 Å². The minimum atomic E-state index is 0.493. The van der Waals surface area contributed by atoms with Crippen molar-refractivity contribution in [1.29, 1.82) is 0 Å². The SMILES string of the molecule is CC(CN1CCCC1)NC1CC(C)(C)CC(C)(C)C1. The first-order chi connectivity index (χ1) is 8.76. The molecule has 1 N–H and O–H groups in total. The van der Waals surface area contributed by atoms with E-state index in [1.54, 1.807) is 0 Å². The van der Waals surface area contributed by atoms with Crippen LogP contribution in [0.5, 0.6) is 0 Å². The first kappa shape index (κ1) is 15.3. The highest BCUT2D eigenvalue weighted by atomic mass is 15.2. The largest absolute Gasteiger partial charge is 0.310 e. The van der Waals surface area contributed by atoms with Crippen LogP contribution in [-0.4, -0.2) is 36.6 Å². The average molecular weight is 266 g/mol. The van der Waals surface area contributed by atoms with Crippen molar-refractivity contribution in [2.45, 2.75) is 78.8 Å². The van der Waals surface area contributed by atoms with E-state index in [1.165, 1.54) is 51.7 Å². The summed E-state index contributed by atoms with van der Waals surface area (Å²) in [5.74, 6) is 0. The molecule has 0 aromatic rings. The first-order valence-corrected chi connectivity index (χ1v) is 8.24. The molecule has 1 saturated heterocycles. The smallest absolute Gasteiger partial charge is 0.0169 e. The van der Waals surface area contributed by atoms with Crippen molar-refractivity contribution in [1.82, 2.24) is 10.2 Å². The quantitative estimate of drug-likeness (QED) is 0.835. The standard InChI is InChI=1S/C17H34N2/c1-14(12-19-8-6-7-9-19)18-15-10-16(2,3)13-17(4,5)11-15/h14-15,18H,6-13H2,1-5H3. The fourth-order valence-electron chi connectivity index (χ4n) is 4.77. The third-order valence-electron chi connectivity index (χ3n) is 4.81. The average Bonchev–Trinajstić information content (AvgIpc) is 2.63. The molecular formula is C17H34N2. The van der Waals surface area contributed by atoms with E-state index in [9.17, 15) is 0 Å². The highest BCUT2D eigenvalue weighted by molar-refractivity contribution is 4.93. The van der Waals surface area contributed by atoms with Crippen LogP contribution in [0.4, 0.5) is 0 Å². The normalized spacial score (nSPS) is 29.5. The van der Waals surface area contributed by atoms with Crippen LogP contribution in [0.1, 0.15) is 66.7 Å². The number of likely N-dealkylation sites (tertiary alicyclic amines) is 1. The summed E-state index contributed by atoms with van der Waals surface area (Å²) in [5.41, 5.74) is 0.986. The van der Waals surface area contributed by atoms with E-state index in [0.717, 1.165) is 0 Å². The molecule has 0 amide bonds. The van der Waals surface area contributed by atoms with E-state index < -0.39 is 0 Å². The summed E-state index contributed by atoms with van der Waals surface area (Å²) in [6.45, 7) is 16.0. The molecule has 0 bridgehead atoms. The van der Waals surface area contributed by atoms with Crippen LogP contribution in [0, 0.1) is 10.8 Å². The maximum Gasteiger partial charge on any atom is 0.0169 e. The molecule has 0 aromatic carbocycles. The molecule has 1 heterocycles.